The highest BCUT2D eigenvalue weighted by molar-refractivity contribution is 6.43. The Bertz CT molecular complexity index is 1190. The molecule has 2 aromatic carbocycles. The zero-order valence-corrected chi connectivity index (χ0v) is 25.4. The molecule has 0 spiro atoms. The van der Waals surface area contributed by atoms with E-state index in [9.17, 15) is 9.59 Å². The van der Waals surface area contributed by atoms with Crippen molar-refractivity contribution in [3.8, 4) is 5.75 Å². The lowest BCUT2D eigenvalue weighted by Crippen LogP contribution is -2.46. The second-order valence-corrected chi connectivity index (χ2v) is 12.1. The summed E-state index contributed by atoms with van der Waals surface area (Å²) in [5.41, 5.74) is 2.42. The summed E-state index contributed by atoms with van der Waals surface area (Å²) < 4.78 is 11.5. The van der Waals surface area contributed by atoms with Crippen LogP contribution in [0.25, 0.3) is 0 Å². The Kier molecular flexibility index (Phi) is 10.1. The predicted octanol–water partition coefficient (Wildman–Crippen LogP) is 6.08. The minimum atomic E-state index is -0.463. The average molecular weight is 592 g/mol. The summed E-state index contributed by atoms with van der Waals surface area (Å²) in [6.07, 6.45) is 2.55. The van der Waals surface area contributed by atoms with Gasteiger partial charge in [0.1, 0.15) is 5.75 Å². The fraction of sp³-hybridized carbons (Fsp3) is 0.533. The highest BCUT2D eigenvalue weighted by Crippen LogP contribution is 2.33. The number of hydrogen-bond donors (Lipinski definition) is 0. The Balaban J connectivity index is 1.22. The molecule has 0 radical (unpaired) electrons. The van der Waals surface area contributed by atoms with Crippen LogP contribution in [0.5, 0.6) is 5.75 Å². The molecule has 8 nitrogen and oxygen atoms in total. The number of hydrogen-bond acceptors (Lipinski definition) is 6. The SMILES string of the molecule is CN(C(=O)OCN1C(=O)CCc2ccc(OCCCCN3CCN(c4cccc(Cl)c4Cl)CC3)cc21)C(C)(C)C. The molecule has 0 atom stereocenters. The van der Waals surface area contributed by atoms with E-state index in [1.54, 1.807) is 7.05 Å². The van der Waals surface area contributed by atoms with Crippen LogP contribution in [0.2, 0.25) is 10.0 Å². The lowest BCUT2D eigenvalue weighted by atomic mass is 10.0. The van der Waals surface area contributed by atoms with E-state index in [-0.39, 0.29) is 18.2 Å². The molecular formula is C30H40Cl2N4O4. The van der Waals surface area contributed by atoms with Gasteiger partial charge in [-0.3, -0.25) is 14.6 Å². The molecule has 218 valence electrons. The largest absolute Gasteiger partial charge is 0.494 e. The molecule has 0 unspecified atom stereocenters. The first-order valence-corrected chi connectivity index (χ1v) is 14.7. The van der Waals surface area contributed by atoms with Crippen molar-refractivity contribution in [3.63, 3.8) is 0 Å². The van der Waals surface area contributed by atoms with Crippen molar-refractivity contribution in [2.24, 2.45) is 0 Å². The first kappa shape index (κ1) is 30.3. The van der Waals surface area contributed by atoms with Gasteiger partial charge in [-0.1, -0.05) is 35.3 Å². The fourth-order valence-corrected chi connectivity index (χ4v) is 5.23. The number of aryl methyl sites for hydroxylation is 1. The van der Waals surface area contributed by atoms with E-state index >= 15 is 0 Å². The third-order valence-electron chi connectivity index (χ3n) is 7.64. The standard InChI is InChI=1S/C30H40Cl2N4O4/c1-30(2,3)33(4)29(38)40-21-36-26-20-23(12-10-22(26)11-13-27(36)37)39-19-6-5-14-34-15-17-35(18-16-34)25-9-7-8-24(31)28(25)32/h7-10,12,20H,5-6,11,13-19,21H2,1-4H3. The van der Waals surface area contributed by atoms with Crippen molar-refractivity contribution in [3.05, 3.63) is 52.0 Å². The number of halogens is 2. The van der Waals surface area contributed by atoms with Gasteiger partial charge in [-0.25, -0.2) is 4.79 Å². The van der Waals surface area contributed by atoms with Gasteiger partial charge in [-0.2, -0.15) is 0 Å². The molecule has 2 aliphatic heterocycles. The van der Waals surface area contributed by atoms with Gasteiger partial charge < -0.3 is 19.3 Å². The van der Waals surface area contributed by atoms with Gasteiger partial charge in [0.2, 0.25) is 5.91 Å². The van der Waals surface area contributed by atoms with E-state index < -0.39 is 6.09 Å². The van der Waals surface area contributed by atoms with Gasteiger partial charge >= 0.3 is 6.09 Å². The molecule has 1 saturated heterocycles. The molecule has 0 saturated carbocycles. The zero-order chi connectivity index (χ0) is 28.9. The van der Waals surface area contributed by atoms with Gasteiger partial charge in [-0.15, -0.1) is 0 Å². The van der Waals surface area contributed by atoms with E-state index in [4.69, 9.17) is 32.7 Å². The summed E-state index contributed by atoms with van der Waals surface area (Å²) in [6, 6.07) is 11.6. The molecule has 0 aromatic heterocycles. The Morgan fingerprint density at radius 1 is 1.00 bits per heavy atom. The molecule has 2 aliphatic rings. The maximum absolute atomic E-state index is 12.7. The van der Waals surface area contributed by atoms with E-state index in [0.717, 1.165) is 62.5 Å². The van der Waals surface area contributed by atoms with Gasteiger partial charge in [-0.05, 0) is 70.3 Å². The van der Waals surface area contributed by atoms with E-state index in [2.05, 4.69) is 9.80 Å². The third kappa shape index (κ3) is 7.53. The maximum atomic E-state index is 12.7. The van der Waals surface area contributed by atoms with Crippen molar-refractivity contribution in [1.29, 1.82) is 0 Å². The molecule has 0 aliphatic carbocycles. The second kappa shape index (κ2) is 13.3. The van der Waals surface area contributed by atoms with Crippen molar-refractivity contribution in [2.45, 2.75) is 52.0 Å². The van der Waals surface area contributed by atoms with Gasteiger partial charge in [0.05, 0.1) is 28.0 Å². The van der Waals surface area contributed by atoms with Crippen LogP contribution in [0.3, 0.4) is 0 Å². The summed E-state index contributed by atoms with van der Waals surface area (Å²) in [6.45, 7) is 11.1. The summed E-state index contributed by atoms with van der Waals surface area (Å²) in [5, 5.41) is 1.21. The van der Waals surface area contributed by atoms with E-state index in [0.29, 0.717) is 35.2 Å². The van der Waals surface area contributed by atoms with Crippen LogP contribution in [0.1, 0.15) is 45.6 Å². The minimum absolute atomic E-state index is 0.0615. The molecule has 1 fully saturated rings. The van der Waals surface area contributed by atoms with Crippen molar-refractivity contribution in [1.82, 2.24) is 9.80 Å². The predicted molar refractivity (Wildman–Crippen MR) is 161 cm³/mol. The molecule has 2 amide bonds. The Morgan fingerprint density at radius 2 is 1.75 bits per heavy atom. The summed E-state index contributed by atoms with van der Waals surface area (Å²) in [4.78, 5) is 33.0. The highest BCUT2D eigenvalue weighted by atomic mass is 35.5. The van der Waals surface area contributed by atoms with Crippen LogP contribution >= 0.6 is 23.2 Å². The van der Waals surface area contributed by atoms with Crippen LogP contribution in [0.4, 0.5) is 16.2 Å². The number of unbranched alkanes of at least 4 members (excludes halogenated alkanes) is 1. The molecule has 2 heterocycles. The quantitative estimate of drug-likeness (QED) is 0.330. The topological polar surface area (TPSA) is 65.6 Å². The van der Waals surface area contributed by atoms with Crippen LogP contribution < -0.4 is 14.5 Å². The number of carbonyl (C=O) groups excluding carboxylic acids is 2. The van der Waals surface area contributed by atoms with Crippen LogP contribution in [0, 0.1) is 0 Å². The molecule has 0 N–H and O–H groups in total. The number of amides is 2. The fourth-order valence-electron chi connectivity index (χ4n) is 4.82. The Labute approximate surface area is 247 Å². The number of benzene rings is 2. The second-order valence-electron chi connectivity index (χ2n) is 11.3. The molecule has 2 aromatic rings. The normalized spacial score (nSPS) is 16.1. The maximum Gasteiger partial charge on any atom is 0.411 e. The van der Waals surface area contributed by atoms with Crippen molar-refractivity contribution < 1.29 is 19.1 Å². The Hall–Kier alpha value is -2.68. The number of nitrogens with zero attached hydrogens (tertiary/aromatic N) is 4. The first-order chi connectivity index (χ1) is 19.0. The molecule has 0 bridgehead atoms. The van der Waals surface area contributed by atoms with E-state index in [1.807, 2.05) is 57.2 Å². The van der Waals surface area contributed by atoms with Crippen LogP contribution in [0.15, 0.2) is 36.4 Å². The molecule has 40 heavy (non-hydrogen) atoms. The molecular weight excluding hydrogens is 551 g/mol. The highest BCUT2D eigenvalue weighted by Gasteiger charge is 2.28. The molecule has 4 rings (SSSR count). The number of rotatable bonds is 9. The van der Waals surface area contributed by atoms with Crippen LogP contribution in [-0.4, -0.2) is 80.4 Å². The summed E-state index contributed by atoms with van der Waals surface area (Å²) in [7, 11) is 1.69. The number of piperazine rings is 1. The van der Waals surface area contributed by atoms with Gasteiger partial charge in [0, 0.05) is 51.3 Å². The zero-order valence-electron chi connectivity index (χ0n) is 23.9. The minimum Gasteiger partial charge on any atom is -0.494 e. The van der Waals surface area contributed by atoms with Crippen molar-refractivity contribution in [2.75, 3.05) is 62.9 Å². The lowest BCUT2D eigenvalue weighted by molar-refractivity contribution is -0.119. The van der Waals surface area contributed by atoms with Gasteiger partial charge in [0.25, 0.3) is 0 Å². The first-order valence-electron chi connectivity index (χ1n) is 13.9. The van der Waals surface area contributed by atoms with Crippen molar-refractivity contribution >= 4 is 46.6 Å². The average Bonchev–Trinajstić information content (AvgIpc) is 2.93. The molecule has 10 heteroatoms. The van der Waals surface area contributed by atoms with E-state index in [1.165, 1.54) is 9.80 Å². The summed E-state index contributed by atoms with van der Waals surface area (Å²) in [5.74, 6) is 0.650. The lowest BCUT2D eigenvalue weighted by Gasteiger charge is -2.36. The smallest absolute Gasteiger partial charge is 0.411 e. The van der Waals surface area contributed by atoms with Crippen LogP contribution in [-0.2, 0) is 16.0 Å². The summed E-state index contributed by atoms with van der Waals surface area (Å²) >= 11 is 12.6. The number of ether oxygens (including phenoxy) is 2. The third-order valence-corrected chi connectivity index (χ3v) is 8.44. The monoisotopic (exact) mass is 590 g/mol. The van der Waals surface area contributed by atoms with Gasteiger partial charge in [0.15, 0.2) is 6.73 Å². The number of carbonyl (C=O) groups is 2. The number of anilines is 2. The Morgan fingerprint density at radius 3 is 2.48 bits per heavy atom. The number of fused-ring (bicyclic) bond motifs is 1.